The molecular formula is C13H17Cl2N3O. The van der Waals surface area contributed by atoms with Crippen LogP contribution in [-0.2, 0) is 0 Å². The molecule has 0 aromatic heterocycles. The Morgan fingerprint density at radius 3 is 2.89 bits per heavy atom. The Morgan fingerprint density at radius 1 is 1.53 bits per heavy atom. The van der Waals surface area contributed by atoms with Crippen LogP contribution in [0.1, 0.15) is 23.2 Å². The van der Waals surface area contributed by atoms with Gasteiger partial charge in [0.25, 0.3) is 5.91 Å². The van der Waals surface area contributed by atoms with Gasteiger partial charge >= 0.3 is 0 Å². The van der Waals surface area contributed by atoms with E-state index < -0.39 is 0 Å². The molecule has 1 amide bonds. The van der Waals surface area contributed by atoms with Crippen LogP contribution in [0.2, 0.25) is 10.0 Å². The Hall–Kier alpha value is -0.970. The van der Waals surface area contributed by atoms with Crippen LogP contribution < -0.4 is 11.1 Å². The Balaban J connectivity index is 2.04. The maximum Gasteiger partial charge on any atom is 0.252 e. The number of nitrogen functional groups attached to an aromatic ring is 1. The lowest BCUT2D eigenvalue weighted by molar-refractivity contribution is 0.0944. The summed E-state index contributed by atoms with van der Waals surface area (Å²) in [6.45, 7) is 1.68. The average molecular weight is 302 g/mol. The average Bonchev–Trinajstić information content (AvgIpc) is 2.76. The predicted octanol–water partition coefficient (Wildman–Crippen LogP) is 2.40. The minimum absolute atomic E-state index is 0.237. The third kappa shape index (κ3) is 3.32. The van der Waals surface area contributed by atoms with Crippen LogP contribution in [0.15, 0.2) is 12.1 Å². The molecule has 1 fully saturated rings. The molecule has 1 aromatic carbocycles. The number of anilines is 1. The van der Waals surface area contributed by atoms with Crippen molar-refractivity contribution in [2.45, 2.75) is 18.9 Å². The topological polar surface area (TPSA) is 58.4 Å². The summed E-state index contributed by atoms with van der Waals surface area (Å²) >= 11 is 11.9. The fourth-order valence-corrected chi connectivity index (χ4v) is 2.74. The number of nitrogens with one attached hydrogen (secondary N) is 1. The molecule has 2 rings (SSSR count). The van der Waals surface area contributed by atoms with Gasteiger partial charge < -0.3 is 16.0 Å². The van der Waals surface area contributed by atoms with E-state index in [0.717, 1.165) is 13.0 Å². The van der Waals surface area contributed by atoms with Gasteiger partial charge in [-0.05, 0) is 38.6 Å². The molecule has 0 aliphatic carbocycles. The zero-order chi connectivity index (χ0) is 14.0. The van der Waals surface area contributed by atoms with Crippen LogP contribution in [0.3, 0.4) is 0 Å². The largest absolute Gasteiger partial charge is 0.399 e. The summed E-state index contributed by atoms with van der Waals surface area (Å²) in [5, 5.41) is 3.43. The molecule has 0 saturated carbocycles. The van der Waals surface area contributed by atoms with Gasteiger partial charge in [0, 0.05) is 18.3 Å². The molecule has 1 unspecified atom stereocenters. The SMILES string of the molecule is CN1CCCC1CNC(=O)c1cc(N)cc(Cl)c1Cl. The molecule has 0 spiro atoms. The van der Waals surface area contributed by atoms with Gasteiger partial charge in [-0.3, -0.25) is 4.79 Å². The highest BCUT2D eigenvalue weighted by atomic mass is 35.5. The van der Waals surface area contributed by atoms with Crippen molar-refractivity contribution in [3.63, 3.8) is 0 Å². The van der Waals surface area contributed by atoms with E-state index in [1.165, 1.54) is 12.5 Å². The smallest absolute Gasteiger partial charge is 0.252 e. The molecule has 1 atom stereocenters. The number of amides is 1. The monoisotopic (exact) mass is 301 g/mol. The van der Waals surface area contributed by atoms with Crippen molar-refractivity contribution >= 4 is 34.8 Å². The summed E-state index contributed by atoms with van der Waals surface area (Å²) in [5.74, 6) is -0.237. The number of likely N-dealkylation sites (tertiary alicyclic amines) is 1. The minimum atomic E-state index is -0.237. The molecule has 1 saturated heterocycles. The molecule has 1 aromatic rings. The second-order valence-electron chi connectivity index (χ2n) is 4.85. The molecular weight excluding hydrogens is 285 g/mol. The number of carbonyl (C=O) groups excluding carboxylic acids is 1. The van der Waals surface area contributed by atoms with Gasteiger partial charge in [-0.2, -0.15) is 0 Å². The summed E-state index contributed by atoms with van der Waals surface area (Å²) in [6.07, 6.45) is 2.27. The summed E-state index contributed by atoms with van der Waals surface area (Å²) < 4.78 is 0. The molecule has 19 heavy (non-hydrogen) atoms. The van der Waals surface area contributed by atoms with Crippen molar-refractivity contribution in [2.75, 3.05) is 25.9 Å². The van der Waals surface area contributed by atoms with Crippen molar-refractivity contribution in [3.8, 4) is 0 Å². The Bertz CT molecular complexity index is 493. The number of rotatable bonds is 3. The zero-order valence-electron chi connectivity index (χ0n) is 10.7. The summed E-state index contributed by atoms with van der Waals surface area (Å²) in [6, 6.07) is 3.46. The van der Waals surface area contributed by atoms with E-state index in [1.54, 1.807) is 6.07 Å². The van der Waals surface area contributed by atoms with E-state index in [0.29, 0.717) is 28.9 Å². The lowest BCUT2D eigenvalue weighted by Crippen LogP contribution is -2.38. The van der Waals surface area contributed by atoms with Gasteiger partial charge in [-0.15, -0.1) is 0 Å². The first-order valence-electron chi connectivity index (χ1n) is 6.22. The molecule has 4 nitrogen and oxygen atoms in total. The Labute approximate surface area is 122 Å². The fraction of sp³-hybridized carbons (Fsp3) is 0.462. The standard InChI is InChI=1S/C13H17Cl2N3O/c1-18-4-2-3-9(18)7-17-13(19)10-5-8(16)6-11(14)12(10)15/h5-6,9H,2-4,7,16H2,1H3,(H,17,19). The number of hydrogen-bond donors (Lipinski definition) is 2. The maximum atomic E-state index is 12.1. The van der Waals surface area contributed by atoms with E-state index >= 15 is 0 Å². The molecule has 1 aliphatic heterocycles. The first-order valence-corrected chi connectivity index (χ1v) is 6.97. The van der Waals surface area contributed by atoms with E-state index in [4.69, 9.17) is 28.9 Å². The second-order valence-corrected chi connectivity index (χ2v) is 5.64. The van der Waals surface area contributed by atoms with Crippen LogP contribution in [0.25, 0.3) is 0 Å². The Kier molecular flexibility index (Phi) is 4.55. The number of nitrogens with two attached hydrogens (primary N) is 1. The molecule has 0 bridgehead atoms. The van der Waals surface area contributed by atoms with Gasteiger partial charge in [0.1, 0.15) is 0 Å². The van der Waals surface area contributed by atoms with Crippen LogP contribution in [-0.4, -0.2) is 37.0 Å². The van der Waals surface area contributed by atoms with E-state index in [-0.39, 0.29) is 10.9 Å². The molecule has 0 radical (unpaired) electrons. The second kappa shape index (κ2) is 5.99. The highest BCUT2D eigenvalue weighted by Gasteiger charge is 2.22. The lowest BCUT2D eigenvalue weighted by atomic mass is 10.1. The number of hydrogen-bond acceptors (Lipinski definition) is 3. The zero-order valence-corrected chi connectivity index (χ0v) is 12.3. The molecule has 1 heterocycles. The molecule has 6 heteroatoms. The van der Waals surface area contributed by atoms with E-state index in [2.05, 4.69) is 17.3 Å². The number of nitrogens with zero attached hydrogens (tertiary/aromatic N) is 1. The van der Waals surface area contributed by atoms with Crippen molar-refractivity contribution in [3.05, 3.63) is 27.7 Å². The van der Waals surface area contributed by atoms with Crippen molar-refractivity contribution in [2.24, 2.45) is 0 Å². The van der Waals surface area contributed by atoms with Crippen LogP contribution in [0.4, 0.5) is 5.69 Å². The number of halogens is 2. The van der Waals surface area contributed by atoms with Crippen LogP contribution >= 0.6 is 23.2 Å². The number of likely N-dealkylation sites (N-methyl/N-ethyl adjacent to an activating group) is 1. The van der Waals surface area contributed by atoms with Gasteiger partial charge in [-0.25, -0.2) is 0 Å². The molecule has 1 aliphatic rings. The van der Waals surface area contributed by atoms with Gasteiger partial charge in [0.05, 0.1) is 15.6 Å². The van der Waals surface area contributed by atoms with Crippen molar-refractivity contribution < 1.29 is 4.79 Å². The maximum absolute atomic E-state index is 12.1. The third-order valence-corrected chi connectivity index (χ3v) is 4.27. The highest BCUT2D eigenvalue weighted by molar-refractivity contribution is 6.44. The fourth-order valence-electron chi connectivity index (χ4n) is 2.32. The van der Waals surface area contributed by atoms with Crippen LogP contribution in [0.5, 0.6) is 0 Å². The first kappa shape index (κ1) is 14.4. The van der Waals surface area contributed by atoms with E-state index in [9.17, 15) is 4.79 Å². The minimum Gasteiger partial charge on any atom is -0.399 e. The van der Waals surface area contributed by atoms with Gasteiger partial charge in [0.2, 0.25) is 0 Å². The Morgan fingerprint density at radius 2 is 2.26 bits per heavy atom. The highest BCUT2D eigenvalue weighted by Crippen LogP contribution is 2.28. The van der Waals surface area contributed by atoms with E-state index in [1.807, 2.05) is 0 Å². The number of carbonyl (C=O) groups is 1. The summed E-state index contributed by atoms with van der Waals surface area (Å²) in [4.78, 5) is 14.3. The van der Waals surface area contributed by atoms with Gasteiger partial charge in [-0.1, -0.05) is 23.2 Å². The van der Waals surface area contributed by atoms with Crippen molar-refractivity contribution in [1.29, 1.82) is 0 Å². The third-order valence-electron chi connectivity index (χ3n) is 3.46. The quantitative estimate of drug-likeness (QED) is 0.843. The molecule has 104 valence electrons. The summed E-state index contributed by atoms with van der Waals surface area (Å²) in [7, 11) is 2.06. The first-order chi connectivity index (χ1) is 8.99. The van der Waals surface area contributed by atoms with Crippen LogP contribution in [0, 0.1) is 0 Å². The van der Waals surface area contributed by atoms with Gasteiger partial charge in [0.15, 0.2) is 0 Å². The van der Waals surface area contributed by atoms with Crippen molar-refractivity contribution in [1.82, 2.24) is 10.2 Å². The summed E-state index contributed by atoms with van der Waals surface area (Å²) in [5.41, 5.74) is 6.43. The molecule has 3 N–H and O–H groups in total. The lowest BCUT2D eigenvalue weighted by Gasteiger charge is -2.20. The predicted molar refractivity (Wildman–Crippen MR) is 78.9 cm³/mol. The normalized spacial score (nSPS) is 19.6. The number of benzene rings is 1.